The molecule has 2 heterocycles. The number of hydrogen-bond acceptors (Lipinski definition) is 5. The highest BCUT2D eigenvalue weighted by atomic mass is 35.5. The van der Waals surface area contributed by atoms with Crippen LogP contribution in [0.2, 0.25) is 5.02 Å². The van der Waals surface area contributed by atoms with Crippen LogP contribution in [0.4, 0.5) is 14.6 Å². The van der Waals surface area contributed by atoms with E-state index in [2.05, 4.69) is 16.2 Å². The van der Waals surface area contributed by atoms with Gasteiger partial charge >= 0.3 is 0 Å². The highest BCUT2D eigenvalue weighted by Crippen LogP contribution is 2.43. The molecule has 2 N–H and O–H groups in total. The van der Waals surface area contributed by atoms with Crippen LogP contribution in [0.5, 0.6) is 5.75 Å². The molecule has 9 heteroatoms. The number of nitrogens with two attached hydrogens (primary N) is 1. The van der Waals surface area contributed by atoms with Crippen molar-refractivity contribution in [3.05, 3.63) is 58.2 Å². The maximum absolute atomic E-state index is 15.4. The Bertz CT molecular complexity index is 1490. The Morgan fingerprint density at radius 1 is 1.24 bits per heavy atom. The van der Waals surface area contributed by atoms with Gasteiger partial charge in [-0.2, -0.15) is 10.4 Å². The van der Waals surface area contributed by atoms with Crippen LogP contribution in [0.3, 0.4) is 0 Å². The van der Waals surface area contributed by atoms with E-state index in [-0.39, 0.29) is 33.8 Å². The van der Waals surface area contributed by atoms with Crippen LogP contribution in [0.1, 0.15) is 24.0 Å². The Balaban J connectivity index is 1.74. The van der Waals surface area contributed by atoms with E-state index in [0.717, 1.165) is 12.8 Å². The van der Waals surface area contributed by atoms with Crippen molar-refractivity contribution in [2.75, 3.05) is 5.73 Å². The molecule has 166 valence electrons. The number of aromatic nitrogens is 3. The fourth-order valence-corrected chi connectivity index (χ4v) is 4.13. The van der Waals surface area contributed by atoms with Gasteiger partial charge in [0, 0.05) is 24.1 Å². The predicted octanol–water partition coefficient (Wildman–Crippen LogP) is 5.54. The number of halogens is 3. The first kappa shape index (κ1) is 21.2. The molecule has 0 aliphatic heterocycles. The maximum atomic E-state index is 15.4. The average molecular weight is 466 g/mol. The minimum absolute atomic E-state index is 0.00172. The number of pyridine rings is 1. The monoisotopic (exact) mass is 465 g/mol. The number of hydrogen-bond donors (Lipinski definition) is 1. The van der Waals surface area contributed by atoms with Crippen molar-refractivity contribution >= 4 is 28.3 Å². The Kier molecular flexibility index (Phi) is 4.94. The third-order valence-corrected chi connectivity index (χ3v) is 6.07. The molecule has 1 aliphatic carbocycles. The normalized spacial score (nSPS) is 13.3. The highest BCUT2D eigenvalue weighted by molar-refractivity contribution is 6.31. The molecule has 0 bridgehead atoms. The topological polar surface area (TPSA) is 89.8 Å². The van der Waals surface area contributed by atoms with Crippen molar-refractivity contribution in [2.45, 2.75) is 25.9 Å². The molecule has 6 nitrogen and oxygen atoms in total. The summed E-state index contributed by atoms with van der Waals surface area (Å²) >= 11 is 6.19. The Hall–Kier alpha value is -3.70. The molecule has 0 amide bonds. The van der Waals surface area contributed by atoms with Crippen LogP contribution in [0.15, 0.2) is 30.5 Å². The summed E-state index contributed by atoms with van der Waals surface area (Å²) in [7, 11) is 1.65. The third-order valence-electron chi connectivity index (χ3n) is 5.80. The number of nitrogen functional groups attached to an aromatic ring is 1. The van der Waals surface area contributed by atoms with E-state index in [4.69, 9.17) is 22.1 Å². The first-order valence-electron chi connectivity index (χ1n) is 10.3. The van der Waals surface area contributed by atoms with E-state index >= 15 is 4.39 Å². The molecule has 33 heavy (non-hydrogen) atoms. The predicted molar refractivity (Wildman–Crippen MR) is 122 cm³/mol. The van der Waals surface area contributed by atoms with Crippen molar-refractivity contribution in [1.82, 2.24) is 14.8 Å². The number of anilines is 1. The molecular weight excluding hydrogens is 448 g/mol. The number of rotatable bonds is 4. The third kappa shape index (κ3) is 3.45. The van der Waals surface area contributed by atoms with Crippen molar-refractivity contribution in [3.63, 3.8) is 0 Å². The first-order chi connectivity index (χ1) is 15.8. The minimum Gasteiger partial charge on any atom is -0.489 e. The molecule has 2 aromatic heterocycles. The average Bonchev–Trinajstić information content (AvgIpc) is 3.53. The summed E-state index contributed by atoms with van der Waals surface area (Å²) in [5, 5.41) is 14.7. The van der Waals surface area contributed by atoms with Crippen LogP contribution in [0, 0.1) is 29.9 Å². The van der Waals surface area contributed by atoms with Gasteiger partial charge in [-0.15, -0.1) is 0 Å². The lowest BCUT2D eigenvalue weighted by atomic mass is 9.96. The molecule has 1 fully saturated rings. The molecule has 0 radical (unpaired) electrons. The van der Waals surface area contributed by atoms with Crippen molar-refractivity contribution in [1.29, 1.82) is 5.26 Å². The van der Waals surface area contributed by atoms with E-state index in [1.54, 1.807) is 38.4 Å². The summed E-state index contributed by atoms with van der Waals surface area (Å²) in [5.74, 6) is -1.24. The van der Waals surface area contributed by atoms with Gasteiger partial charge in [0.1, 0.15) is 17.4 Å². The van der Waals surface area contributed by atoms with Crippen molar-refractivity contribution in [2.24, 2.45) is 7.05 Å². The van der Waals surface area contributed by atoms with Gasteiger partial charge in [0.15, 0.2) is 17.5 Å². The fourth-order valence-electron chi connectivity index (χ4n) is 3.94. The lowest BCUT2D eigenvalue weighted by Crippen LogP contribution is -2.05. The zero-order valence-electron chi connectivity index (χ0n) is 17.8. The second-order valence-corrected chi connectivity index (χ2v) is 8.46. The number of ether oxygens (including phenoxy) is 1. The maximum Gasteiger partial charge on any atom is 0.168 e. The number of nitriles is 1. The molecule has 0 atom stereocenters. The van der Waals surface area contributed by atoms with Gasteiger partial charge in [-0.1, -0.05) is 23.7 Å². The van der Waals surface area contributed by atoms with Gasteiger partial charge in [-0.3, -0.25) is 4.68 Å². The fraction of sp³-hybridized carbons (Fsp3) is 0.208. The van der Waals surface area contributed by atoms with Gasteiger partial charge in [0.25, 0.3) is 0 Å². The van der Waals surface area contributed by atoms with Crippen LogP contribution >= 0.6 is 11.6 Å². The van der Waals surface area contributed by atoms with E-state index in [1.165, 1.54) is 10.7 Å². The lowest BCUT2D eigenvalue weighted by molar-refractivity contribution is 0.302. The smallest absolute Gasteiger partial charge is 0.168 e. The summed E-state index contributed by atoms with van der Waals surface area (Å²) < 4.78 is 36.9. The standard InChI is InChI=1S/C24H18ClF2N5O/c1-11-14-6-3-12(7-18(14)31-24(29)21(11)26)16-10-30-32(2)23(16)20-15(9-28)19(33-13-4-5-13)8-17(25)22(20)27/h3,6-8,10,13H,4-5H2,1-2H3,(H2,29,31). The molecular formula is C24H18ClF2N5O. The van der Waals surface area contributed by atoms with Crippen LogP contribution in [-0.4, -0.2) is 20.9 Å². The Labute approximate surface area is 193 Å². The minimum atomic E-state index is -0.734. The van der Waals surface area contributed by atoms with E-state index in [0.29, 0.717) is 33.3 Å². The van der Waals surface area contributed by atoms with Crippen molar-refractivity contribution in [3.8, 4) is 34.2 Å². The van der Waals surface area contributed by atoms with Crippen molar-refractivity contribution < 1.29 is 13.5 Å². The number of benzene rings is 2. The number of fused-ring (bicyclic) bond motifs is 1. The summed E-state index contributed by atoms with van der Waals surface area (Å²) in [4.78, 5) is 4.16. The quantitative estimate of drug-likeness (QED) is 0.427. The first-order valence-corrected chi connectivity index (χ1v) is 10.6. The molecule has 4 aromatic rings. The second-order valence-electron chi connectivity index (χ2n) is 8.05. The van der Waals surface area contributed by atoms with E-state index in [1.807, 2.05) is 0 Å². The van der Waals surface area contributed by atoms with E-state index in [9.17, 15) is 9.65 Å². The van der Waals surface area contributed by atoms with Gasteiger partial charge in [-0.05, 0) is 37.0 Å². The van der Waals surface area contributed by atoms with Gasteiger partial charge < -0.3 is 10.5 Å². The Morgan fingerprint density at radius 2 is 2.00 bits per heavy atom. The Morgan fingerprint density at radius 3 is 2.70 bits per heavy atom. The summed E-state index contributed by atoms with van der Waals surface area (Å²) in [5.41, 5.74) is 8.23. The molecule has 1 aliphatic rings. The largest absolute Gasteiger partial charge is 0.489 e. The number of nitrogens with zero attached hydrogens (tertiary/aromatic N) is 4. The zero-order valence-corrected chi connectivity index (χ0v) is 18.5. The highest BCUT2D eigenvalue weighted by Gasteiger charge is 2.29. The molecule has 0 saturated heterocycles. The van der Waals surface area contributed by atoms with Crippen LogP contribution in [0.25, 0.3) is 33.3 Å². The molecule has 1 saturated carbocycles. The van der Waals surface area contributed by atoms with Crippen LogP contribution < -0.4 is 10.5 Å². The van der Waals surface area contributed by atoms with Gasteiger partial charge in [0.2, 0.25) is 0 Å². The molecule has 0 spiro atoms. The second kappa shape index (κ2) is 7.71. The van der Waals surface area contributed by atoms with Crippen LogP contribution in [-0.2, 0) is 7.05 Å². The van der Waals surface area contributed by atoms with E-state index < -0.39 is 11.6 Å². The molecule has 0 unspecified atom stereocenters. The molecule has 2 aromatic carbocycles. The summed E-state index contributed by atoms with van der Waals surface area (Å²) in [6, 6.07) is 8.64. The summed E-state index contributed by atoms with van der Waals surface area (Å²) in [6.45, 7) is 1.63. The lowest BCUT2D eigenvalue weighted by Gasteiger charge is -2.15. The SMILES string of the molecule is Cc1c(F)c(N)nc2cc(-c3cnn(C)c3-c3c(F)c(Cl)cc(OC4CC4)c3C#N)ccc12. The van der Waals surface area contributed by atoms with Gasteiger partial charge in [0.05, 0.1) is 34.1 Å². The number of aryl methyl sites for hydroxylation is 2. The van der Waals surface area contributed by atoms with Gasteiger partial charge in [-0.25, -0.2) is 13.8 Å². The summed E-state index contributed by atoms with van der Waals surface area (Å²) in [6.07, 6.45) is 3.32. The zero-order chi connectivity index (χ0) is 23.4. The molecule has 5 rings (SSSR count).